The van der Waals surface area contributed by atoms with E-state index in [1.807, 2.05) is 48.8 Å². The summed E-state index contributed by atoms with van der Waals surface area (Å²) in [6.45, 7) is 4.46. The Kier molecular flexibility index (Phi) is 8.02. The highest BCUT2D eigenvalue weighted by Gasteiger charge is 2.30. The summed E-state index contributed by atoms with van der Waals surface area (Å²) >= 11 is 0. The molecule has 0 unspecified atom stereocenters. The number of alkyl halides is 3. The Balaban J connectivity index is 1.09. The van der Waals surface area contributed by atoms with Gasteiger partial charge in [0.2, 0.25) is 5.91 Å². The van der Waals surface area contributed by atoms with Gasteiger partial charge in [-0.25, -0.2) is 4.98 Å². The Labute approximate surface area is 247 Å². The van der Waals surface area contributed by atoms with Crippen LogP contribution in [0.4, 0.5) is 24.7 Å². The smallest absolute Gasteiger partial charge is 0.353 e. The Bertz CT molecular complexity index is 1720. The monoisotopic (exact) mass is 582 g/mol. The molecule has 1 fully saturated rings. The molecular formula is C33H29F3N6O. The van der Waals surface area contributed by atoms with Crippen LogP contribution in [-0.4, -0.2) is 51.9 Å². The Hall–Kier alpha value is -4.83. The number of nitrogens with one attached hydrogen (secondary N) is 1. The molecule has 0 spiro atoms. The van der Waals surface area contributed by atoms with Crippen molar-refractivity contribution in [3.63, 3.8) is 0 Å². The number of amides is 1. The summed E-state index contributed by atoms with van der Waals surface area (Å²) in [5, 5.41) is 2.76. The predicted molar refractivity (Wildman–Crippen MR) is 160 cm³/mol. The van der Waals surface area contributed by atoms with Crippen LogP contribution in [0.2, 0.25) is 0 Å². The fraction of sp³-hybridized carbons (Fsp3) is 0.212. The van der Waals surface area contributed by atoms with Crippen molar-refractivity contribution < 1.29 is 18.0 Å². The molecule has 10 heteroatoms. The Morgan fingerprint density at radius 2 is 1.58 bits per heavy atom. The average Bonchev–Trinajstić information content (AvgIpc) is 3.01. The molecule has 0 bridgehead atoms. The van der Waals surface area contributed by atoms with Crippen molar-refractivity contribution >= 4 is 28.4 Å². The molecule has 43 heavy (non-hydrogen) atoms. The maximum absolute atomic E-state index is 13.0. The zero-order chi connectivity index (χ0) is 29.8. The number of anilines is 2. The molecule has 2 aromatic heterocycles. The number of benzene rings is 3. The highest BCUT2D eigenvalue weighted by atomic mass is 19.4. The van der Waals surface area contributed by atoms with Crippen LogP contribution >= 0.6 is 0 Å². The van der Waals surface area contributed by atoms with Crippen molar-refractivity contribution in [1.82, 2.24) is 19.9 Å². The lowest BCUT2D eigenvalue weighted by Gasteiger charge is -2.35. The first kappa shape index (κ1) is 28.3. The van der Waals surface area contributed by atoms with E-state index in [0.29, 0.717) is 11.3 Å². The van der Waals surface area contributed by atoms with Crippen molar-refractivity contribution in [3.05, 3.63) is 114 Å². The van der Waals surface area contributed by atoms with Crippen LogP contribution in [0.5, 0.6) is 0 Å². The van der Waals surface area contributed by atoms with Gasteiger partial charge < -0.3 is 10.2 Å². The van der Waals surface area contributed by atoms with E-state index in [9.17, 15) is 18.0 Å². The SMILES string of the molecule is O=C(Cc1cccc(C(F)(F)F)c1)Nc1ccc(-c2ccc3ncc(N4CCN(Cc5cccnc5)CC4)nc3c2)cc1. The lowest BCUT2D eigenvalue weighted by molar-refractivity contribution is -0.137. The zero-order valence-corrected chi connectivity index (χ0v) is 23.3. The van der Waals surface area contributed by atoms with Gasteiger partial charge in [-0.15, -0.1) is 0 Å². The molecule has 0 radical (unpaired) electrons. The number of piperazine rings is 1. The first-order valence-electron chi connectivity index (χ1n) is 14.0. The van der Waals surface area contributed by atoms with Gasteiger partial charge >= 0.3 is 6.18 Å². The summed E-state index contributed by atoms with van der Waals surface area (Å²) in [5.74, 6) is 0.461. The largest absolute Gasteiger partial charge is 0.416 e. The maximum Gasteiger partial charge on any atom is 0.416 e. The predicted octanol–water partition coefficient (Wildman–Crippen LogP) is 6.21. The lowest BCUT2D eigenvalue weighted by Crippen LogP contribution is -2.46. The fourth-order valence-corrected chi connectivity index (χ4v) is 5.21. The number of nitrogens with zero attached hydrogens (tertiary/aromatic N) is 5. The maximum atomic E-state index is 13.0. The Morgan fingerprint density at radius 3 is 2.33 bits per heavy atom. The molecule has 7 nitrogen and oxygen atoms in total. The van der Waals surface area contributed by atoms with E-state index in [2.05, 4.69) is 31.2 Å². The van der Waals surface area contributed by atoms with Crippen molar-refractivity contribution in [1.29, 1.82) is 0 Å². The molecule has 6 rings (SSSR count). The molecule has 1 aliphatic heterocycles. The quantitative estimate of drug-likeness (QED) is 0.246. The van der Waals surface area contributed by atoms with Crippen LogP contribution in [0.25, 0.3) is 22.2 Å². The number of pyridine rings is 1. The van der Waals surface area contributed by atoms with Crippen LogP contribution in [0, 0.1) is 0 Å². The molecule has 3 aromatic carbocycles. The summed E-state index contributed by atoms with van der Waals surface area (Å²) in [4.78, 5) is 30.9. The standard InChI is InChI=1S/C33H29F3N6O/c34-33(35,36)27-5-1-3-23(17-27)18-32(43)39-28-9-6-25(7-10-28)26-8-11-29-30(19-26)40-31(21-38-29)42-15-13-41(14-16-42)22-24-4-2-12-37-20-24/h1-12,17,19-21H,13-16,18,22H2,(H,39,43). The van der Waals surface area contributed by atoms with Gasteiger partial charge in [-0.3, -0.25) is 19.7 Å². The first-order chi connectivity index (χ1) is 20.8. The number of hydrogen-bond acceptors (Lipinski definition) is 6. The first-order valence-corrected chi connectivity index (χ1v) is 14.0. The summed E-state index contributed by atoms with van der Waals surface area (Å²) < 4.78 is 38.9. The summed E-state index contributed by atoms with van der Waals surface area (Å²) in [6.07, 6.45) is 0.922. The third-order valence-electron chi connectivity index (χ3n) is 7.48. The van der Waals surface area contributed by atoms with Crippen molar-refractivity contribution in [2.75, 3.05) is 36.4 Å². The number of carbonyl (C=O) groups is 1. The van der Waals surface area contributed by atoms with Crippen LogP contribution in [0.1, 0.15) is 16.7 Å². The number of carbonyl (C=O) groups excluding carboxylic acids is 1. The second-order valence-electron chi connectivity index (χ2n) is 10.6. The van der Waals surface area contributed by atoms with Crippen LogP contribution in [0.15, 0.2) is 97.5 Å². The van der Waals surface area contributed by atoms with Gasteiger partial charge in [0.15, 0.2) is 0 Å². The summed E-state index contributed by atoms with van der Waals surface area (Å²) in [6, 6.07) is 22.1. The van der Waals surface area contributed by atoms with Crippen LogP contribution in [-0.2, 0) is 23.9 Å². The number of rotatable bonds is 7. The van der Waals surface area contributed by atoms with Gasteiger partial charge in [-0.2, -0.15) is 13.2 Å². The molecule has 1 N–H and O–H groups in total. The van der Waals surface area contributed by atoms with Crippen LogP contribution in [0.3, 0.4) is 0 Å². The van der Waals surface area contributed by atoms with Gasteiger partial charge in [-0.1, -0.05) is 42.5 Å². The molecular weight excluding hydrogens is 553 g/mol. The molecule has 218 valence electrons. The minimum absolute atomic E-state index is 0.156. The van der Waals surface area contributed by atoms with Gasteiger partial charge in [0, 0.05) is 50.8 Å². The molecule has 0 aliphatic carbocycles. The minimum Gasteiger partial charge on any atom is -0.353 e. The molecule has 0 atom stereocenters. The highest BCUT2D eigenvalue weighted by Crippen LogP contribution is 2.30. The molecule has 1 saturated heterocycles. The molecule has 3 heterocycles. The van der Waals surface area contributed by atoms with Gasteiger partial charge in [0.05, 0.1) is 29.2 Å². The van der Waals surface area contributed by atoms with E-state index >= 15 is 0 Å². The van der Waals surface area contributed by atoms with Crippen molar-refractivity contribution in [2.45, 2.75) is 19.1 Å². The summed E-state index contributed by atoms with van der Waals surface area (Å²) in [7, 11) is 0. The van der Waals surface area contributed by atoms with Crippen molar-refractivity contribution in [3.8, 4) is 11.1 Å². The Morgan fingerprint density at radius 1 is 0.814 bits per heavy atom. The van der Waals surface area contributed by atoms with Gasteiger partial charge in [-0.05, 0) is 58.7 Å². The number of halogens is 3. The highest BCUT2D eigenvalue weighted by molar-refractivity contribution is 5.92. The van der Waals surface area contributed by atoms with E-state index in [4.69, 9.17) is 4.98 Å². The van der Waals surface area contributed by atoms with E-state index in [0.717, 1.165) is 72.8 Å². The van der Waals surface area contributed by atoms with E-state index in [1.54, 1.807) is 18.3 Å². The minimum atomic E-state index is -4.45. The van der Waals surface area contributed by atoms with Crippen molar-refractivity contribution in [2.24, 2.45) is 0 Å². The third-order valence-corrected chi connectivity index (χ3v) is 7.48. The number of fused-ring (bicyclic) bond motifs is 1. The van der Waals surface area contributed by atoms with Gasteiger partial charge in [0.1, 0.15) is 5.82 Å². The fourth-order valence-electron chi connectivity index (χ4n) is 5.21. The van der Waals surface area contributed by atoms with E-state index in [1.165, 1.54) is 17.7 Å². The topological polar surface area (TPSA) is 74.2 Å². The van der Waals surface area contributed by atoms with E-state index < -0.39 is 17.6 Å². The number of aromatic nitrogens is 3. The van der Waals surface area contributed by atoms with E-state index in [-0.39, 0.29) is 6.42 Å². The lowest BCUT2D eigenvalue weighted by atomic mass is 10.0. The normalized spacial score (nSPS) is 14.2. The summed E-state index contributed by atoms with van der Waals surface area (Å²) in [5.41, 5.74) is 4.80. The molecule has 5 aromatic rings. The second-order valence-corrected chi connectivity index (χ2v) is 10.6. The van der Waals surface area contributed by atoms with Crippen LogP contribution < -0.4 is 10.2 Å². The third kappa shape index (κ3) is 6.98. The molecule has 1 amide bonds. The van der Waals surface area contributed by atoms with Gasteiger partial charge in [0.25, 0.3) is 0 Å². The zero-order valence-electron chi connectivity index (χ0n) is 23.3. The average molecular weight is 583 g/mol. The number of hydrogen-bond donors (Lipinski definition) is 1. The molecule has 1 aliphatic rings. The molecule has 0 saturated carbocycles. The second kappa shape index (κ2) is 12.2.